The number of halogens is 1. The minimum Gasteiger partial charge on any atom is -0.507 e. The number of anilines is 1. The number of esters is 1. The predicted octanol–water partition coefficient (Wildman–Crippen LogP) is 1.51. The van der Waals surface area contributed by atoms with Gasteiger partial charge in [-0.2, -0.15) is 0 Å². The lowest BCUT2D eigenvalue weighted by Crippen LogP contribution is -2.21. The Morgan fingerprint density at radius 2 is 2.28 bits per heavy atom. The van der Waals surface area contributed by atoms with E-state index in [-0.39, 0.29) is 17.4 Å². The highest BCUT2D eigenvalue weighted by atomic mass is 79.9. The topological polar surface area (TPSA) is 70.0 Å². The molecular weight excluding hydrogens is 302 g/mol. The first-order valence-electron chi connectivity index (χ1n) is 5.56. The number of methoxy groups -OCH3 is 1. The van der Waals surface area contributed by atoms with Gasteiger partial charge in [0, 0.05) is 23.6 Å². The van der Waals surface area contributed by atoms with Crippen LogP contribution in [0.5, 0.6) is 5.75 Å². The maximum atomic E-state index is 11.4. The monoisotopic (exact) mass is 315 g/mol. The summed E-state index contributed by atoms with van der Waals surface area (Å²) in [6, 6.07) is 3.04. The fourth-order valence-electron chi connectivity index (χ4n) is 2.03. The molecule has 5 nitrogen and oxygen atoms in total. The van der Waals surface area contributed by atoms with Crippen molar-refractivity contribution in [2.24, 2.45) is 0 Å². The normalized spacial score (nSPS) is 19.1. The van der Waals surface area contributed by atoms with E-state index in [0.29, 0.717) is 17.4 Å². The minimum absolute atomic E-state index is 0.118. The predicted molar refractivity (Wildman–Crippen MR) is 70.0 cm³/mol. The average Bonchev–Trinajstić information content (AvgIpc) is 2.77. The number of aliphatic hydroxyl groups is 1. The van der Waals surface area contributed by atoms with Crippen molar-refractivity contribution in [2.75, 3.05) is 25.1 Å². The summed E-state index contributed by atoms with van der Waals surface area (Å²) in [5.41, 5.74) is 0.879. The molecule has 98 valence electrons. The molecule has 1 aliphatic rings. The number of rotatable bonds is 2. The molecular formula is C12H14BrNO4. The van der Waals surface area contributed by atoms with Gasteiger partial charge in [-0.25, -0.2) is 4.79 Å². The third-order valence-electron chi connectivity index (χ3n) is 2.97. The van der Waals surface area contributed by atoms with Gasteiger partial charge < -0.3 is 19.8 Å². The molecule has 0 aliphatic carbocycles. The summed E-state index contributed by atoms with van der Waals surface area (Å²) in [6.07, 6.45) is 0.353. The Morgan fingerprint density at radius 3 is 2.83 bits per heavy atom. The highest BCUT2D eigenvalue weighted by Crippen LogP contribution is 2.35. The van der Waals surface area contributed by atoms with E-state index in [1.54, 1.807) is 0 Å². The van der Waals surface area contributed by atoms with Crippen LogP contribution in [0.3, 0.4) is 0 Å². The van der Waals surface area contributed by atoms with Gasteiger partial charge in [0.15, 0.2) is 0 Å². The molecule has 1 heterocycles. The first-order chi connectivity index (χ1) is 8.52. The standard InChI is InChI=1S/C12H14BrNO4/c1-18-12(17)8-4-9(13)10(5-11(8)16)14-3-2-7(15)6-14/h4-5,7,15-16H,2-3,6H2,1H3/t7-/m1/s1. The summed E-state index contributed by atoms with van der Waals surface area (Å²) in [5, 5.41) is 19.3. The molecule has 1 aromatic rings. The zero-order valence-corrected chi connectivity index (χ0v) is 11.5. The number of phenolic OH excluding ortho intramolecular Hbond substituents is 1. The second kappa shape index (κ2) is 5.16. The number of aromatic hydroxyl groups is 1. The maximum Gasteiger partial charge on any atom is 0.341 e. The van der Waals surface area contributed by atoms with Crippen LogP contribution in [-0.2, 0) is 4.74 Å². The van der Waals surface area contributed by atoms with Gasteiger partial charge in [-0.1, -0.05) is 0 Å². The summed E-state index contributed by atoms with van der Waals surface area (Å²) in [4.78, 5) is 13.4. The second-order valence-corrected chi connectivity index (χ2v) is 5.06. The van der Waals surface area contributed by atoms with Gasteiger partial charge in [0.2, 0.25) is 0 Å². The molecule has 1 aliphatic heterocycles. The zero-order chi connectivity index (χ0) is 13.3. The van der Waals surface area contributed by atoms with Crippen molar-refractivity contribution in [1.29, 1.82) is 0 Å². The number of nitrogens with zero attached hydrogens (tertiary/aromatic N) is 1. The van der Waals surface area contributed by atoms with Crippen molar-refractivity contribution in [3.05, 3.63) is 22.2 Å². The van der Waals surface area contributed by atoms with Crippen LogP contribution in [-0.4, -0.2) is 42.5 Å². The van der Waals surface area contributed by atoms with Gasteiger partial charge in [0.1, 0.15) is 11.3 Å². The number of hydrogen-bond acceptors (Lipinski definition) is 5. The van der Waals surface area contributed by atoms with Gasteiger partial charge in [0.25, 0.3) is 0 Å². The molecule has 2 N–H and O–H groups in total. The lowest BCUT2D eigenvalue weighted by atomic mass is 10.1. The van der Waals surface area contributed by atoms with Gasteiger partial charge in [-0.15, -0.1) is 0 Å². The highest BCUT2D eigenvalue weighted by molar-refractivity contribution is 9.10. The van der Waals surface area contributed by atoms with Crippen LogP contribution in [0.1, 0.15) is 16.8 Å². The van der Waals surface area contributed by atoms with Crippen molar-refractivity contribution in [2.45, 2.75) is 12.5 Å². The summed E-state index contributed by atoms with van der Waals surface area (Å²) < 4.78 is 5.27. The Bertz CT molecular complexity index is 477. The van der Waals surface area contributed by atoms with E-state index in [0.717, 1.165) is 12.2 Å². The van der Waals surface area contributed by atoms with Gasteiger partial charge in [-0.3, -0.25) is 0 Å². The Labute approximate surface area is 113 Å². The van der Waals surface area contributed by atoms with E-state index in [2.05, 4.69) is 20.7 Å². The fraction of sp³-hybridized carbons (Fsp3) is 0.417. The summed E-state index contributed by atoms with van der Waals surface area (Å²) in [7, 11) is 1.26. The largest absolute Gasteiger partial charge is 0.507 e. The molecule has 18 heavy (non-hydrogen) atoms. The number of ether oxygens (including phenoxy) is 1. The summed E-state index contributed by atoms with van der Waals surface area (Å²) in [6.45, 7) is 1.24. The smallest absolute Gasteiger partial charge is 0.341 e. The van der Waals surface area contributed by atoms with E-state index in [1.165, 1.54) is 19.2 Å². The van der Waals surface area contributed by atoms with E-state index >= 15 is 0 Å². The van der Waals surface area contributed by atoms with E-state index < -0.39 is 5.97 Å². The Kier molecular flexibility index (Phi) is 3.77. The molecule has 1 fully saturated rings. The molecule has 6 heteroatoms. The quantitative estimate of drug-likeness (QED) is 0.810. The zero-order valence-electron chi connectivity index (χ0n) is 9.89. The van der Waals surface area contributed by atoms with E-state index in [1.807, 2.05) is 4.90 Å². The van der Waals surface area contributed by atoms with Gasteiger partial charge in [0.05, 0.1) is 18.9 Å². The average molecular weight is 316 g/mol. The third-order valence-corrected chi connectivity index (χ3v) is 3.61. The van der Waals surface area contributed by atoms with Crippen LogP contribution in [0.25, 0.3) is 0 Å². The van der Waals surface area contributed by atoms with Crippen LogP contribution in [0.15, 0.2) is 16.6 Å². The maximum absolute atomic E-state index is 11.4. The van der Waals surface area contributed by atoms with Crippen molar-refractivity contribution in [3.8, 4) is 5.75 Å². The second-order valence-electron chi connectivity index (χ2n) is 4.20. The number of carbonyl (C=O) groups is 1. The SMILES string of the molecule is COC(=O)c1cc(Br)c(N2CC[C@@H](O)C2)cc1O. The van der Waals surface area contributed by atoms with Gasteiger partial charge in [-0.05, 0) is 28.4 Å². The number of β-amino-alcohol motifs (C(OH)–C–C–N with tert-alkyl or cyclic N) is 1. The number of hydrogen-bond donors (Lipinski definition) is 2. The van der Waals surface area contributed by atoms with Crippen molar-refractivity contribution in [1.82, 2.24) is 0 Å². The fourth-order valence-corrected chi connectivity index (χ4v) is 2.62. The number of carbonyl (C=O) groups excluding carboxylic acids is 1. The summed E-state index contributed by atoms with van der Waals surface area (Å²) in [5.74, 6) is -0.706. The van der Waals surface area contributed by atoms with E-state index in [9.17, 15) is 15.0 Å². The van der Waals surface area contributed by atoms with Crippen molar-refractivity contribution >= 4 is 27.6 Å². The summed E-state index contributed by atoms with van der Waals surface area (Å²) >= 11 is 3.37. The molecule has 0 aromatic heterocycles. The van der Waals surface area contributed by atoms with Crippen molar-refractivity contribution in [3.63, 3.8) is 0 Å². The van der Waals surface area contributed by atoms with Crippen LogP contribution in [0, 0.1) is 0 Å². The number of benzene rings is 1. The lowest BCUT2D eigenvalue weighted by molar-refractivity contribution is 0.0597. The molecule has 0 spiro atoms. The molecule has 1 atom stereocenters. The molecule has 1 saturated heterocycles. The molecule has 0 amide bonds. The Hall–Kier alpha value is -1.27. The molecule has 0 bridgehead atoms. The van der Waals surface area contributed by atoms with Crippen LogP contribution < -0.4 is 4.90 Å². The Morgan fingerprint density at radius 1 is 1.56 bits per heavy atom. The first kappa shape index (κ1) is 13.2. The van der Waals surface area contributed by atoms with Crippen LogP contribution >= 0.6 is 15.9 Å². The number of aliphatic hydroxyl groups excluding tert-OH is 1. The molecule has 1 aromatic carbocycles. The highest BCUT2D eigenvalue weighted by Gasteiger charge is 2.24. The third kappa shape index (κ3) is 2.44. The molecule has 2 rings (SSSR count). The minimum atomic E-state index is -0.582. The molecule has 0 unspecified atom stereocenters. The number of phenols is 1. The molecule has 0 saturated carbocycles. The lowest BCUT2D eigenvalue weighted by Gasteiger charge is -2.20. The Balaban J connectivity index is 2.34. The van der Waals surface area contributed by atoms with Crippen LogP contribution in [0.2, 0.25) is 0 Å². The van der Waals surface area contributed by atoms with Crippen LogP contribution in [0.4, 0.5) is 5.69 Å². The first-order valence-corrected chi connectivity index (χ1v) is 6.36. The molecule has 0 radical (unpaired) electrons. The van der Waals surface area contributed by atoms with Gasteiger partial charge >= 0.3 is 5.97 Å². The van der Waals surface area contributed by atoms with E-state index in [4.69, 9.17) is 0 Å². The van der Waals surface area contributed by atoms with Crippen molar-refractivity contribution < 1.29 is 19.7 Å².